The van der Waals surface area contributed by atoms with Crippen LogP contribution in [0, 0.1) is 35.1 Å². The number of hydrogen-bond donors (Lipinski definition) is 0. The van der Waals surface area contributed by atoms with Crippen LogP contribution in [0.4, 0.5) is 17.6 Å². The topological polar surface area (TPSA) is 50.1 Å². The van der Waals surface area contributed by atoms with E-state index in [0.717, 1.165) is 61.7 Å². The van der Waals surface area contributed by atoms with E-state index in [9.17, 15) is 17.6 Å². The number of benzene rings is 4. The lowest BCUT2D eigenvalue weighted by molar-refractivity contribution is 0.285. The Kier molecular flexibility index (Phi) is 9.76. The molecule has 5 nitrogen and oxygen atoms in total. The van der Waals surface area contributed by atoms with Gasteiger partial charge in [0.05, 0.1) is 35.8 Å². The summed E-state index contributed by atoms with van der Waals surface area (Å²) in [6, 6.07) is 13.4. The number of hydrogen-bond acceptors (Lipinski definition) is 6. The SMILES string of the molecule is CCCCOc1ccc2c(sc3c(F)c(OCC4CC4)ccc32)c1F.CCCOc1ccc2c(oc3c(F)c(OCC4CC4)ccc32)c1F. The van der Waals surface area contributed by atoms with Gasteiger partial charge in [0.1, 0.15) is 0 Å². The summed E-state index contributed by atoms with van der Waals surface area (Å²) >= 11 is 1.12. The molecule has 49 heavy (non-hydrogen) atoms. The molecular formula is C39H38F4O5S. The van der Waals surface area contributed by atoms with Crippen molar-refractivity contribution < 1.29 is 40.9 Å². The van der Waals surface area contributed by atoms with Crippen molar-refractivity contribution in [2.24, 2.45) is 11.8 Å². The first kappa shape index (κ1) is 33.3. The molecule has 2 aliphatic rings. The first-order chi connectivity index (χ1) is 23.9. The van der Waals surface area contributed by atoms with E-state index in [1.807, 2.05) is 19.1 Å². The third-order valence-corrected chi connectivity index (χ3v) is 10.0. The third kappa shape index (κ3) is 6.98. The first-order valence-electron chi connectivity index (χ1n) is 17.1. The molecule has 8 rings (SSSR count). The minimum absolute atomic E-state index is 0.0110. The normalized spacial score (nSPS) is 14.4. The molecule has 10 heteroatoms. The first-order valence-corrected chi connectivity index (χ1v) is 17.9. The summed E-state index contributed by atoms with van der Waals surface area (Å²) in [7, 11) is 0. The van der Waals surface area contributed by atoms with E-state index >= 15 is 0 Å². The van der Waals surface area contributed by atoms with Gasteiger partial charge >= 0.3 is 0 Å². The summed E-state index contributed by atoms with van der Waals surface area (Å²) in [5.74, 6) is -0.155. The standard InChI is InChI=1S/C20H20F2O2S.C19H18F2O3/c1-2-3-10-23-15-8-6-13-14-7-9-16(24-11-12-4-5-12)18(22)20(14)25-19(13)17(15)21;1-2-9-22-14-7-5-12-13-6-8-15(23-10-11-3-4-11)17(21)19(13)24-18(12)16(14)20/h6-9,12H,2-5,10-11H2,1H3;5-8,11H,2-4,9-10H2,1H3. The van der Waals surface area contributed by atoms with E-state index in [1.165, 1.54) is 0 Å². The average molecular weight is 695 g/mol. The molecule has 0 amide bonds. The second-order valence-corrected chi connectivity index (χ2v) is 13.8. The highest BCUT2D eigenvalue weighted by molar-refractivity contribution is 7.25. The van der Waals surface area contributed by atoms with Gasteiger partial charge in [-0.1, -0.05) is 20.3 Å². The van der Waals surface area contributed by atoms with Gasteiger partial charge in [0.2, 0.25) is 11.6 Å². The molecule has 0 N–H and O–H groups in total. The summed E-state index contributed by atoms with van der Waals surface area (Å²) in [5, 5.41) is 2.49. The van der Waals surface area contributed by atoms with Gasteiger partial charge < -0.3 is 23.4 Å². The van der Waals surface area contributed by atoms with Crippen LogP contribution in [0.2, 0.25) is 0 Å². The Labute approximate surface area is 285 Å². The molecule has 2 fully saturated rings. The molecule has 258 valence electrons. The van der Waals surface area contributed by atoms with Crippen molar-refractivity contribution in [1.29, 1.82) is 0 Å². The Morgan fingerprint density at radius 3 is 1.45 bits per heavy atom. The van der Waals surface area contributed by atoms with Crippen molar-refractivity contribution in [3.8, 4) is 23.0 Å². The zero-order chi connectivity index (χ0) is 34.1. The number of ether oxygens (including phenoxy) is 4. The van der Waals surface area contributed by atoms with Crippen LogP contribution in [0.1, 0.15) is 58.8 Å². The molecule has 0 spiro atoms. The van der Waals surface area contributed by atoms with Crippen molar-refractivity contribution in [1.82, 2.24) is 0 Å². The van der Waals surface area contributed by atoms with Crippen LogP contribution in [0.25, 0.3) is 42.1 Å². The van der Waals surface area contributed by atoms with Gasteiger partial charge in [0.15, 0.2) is 45.8 Å². The summed E-state index contributed by atoms with van der Waals surface area (Å²) in [5.41, 5.74) is 0.0293. The van der Waals surface area contributed by atoms with Crippen LogP contribution in [0.15, 0.2) is 52.9 Å². The molecule has 6 aromatic rings. The van der Waals surface area contributed by atoms with Crippen LogP contribution in [-0.2, 0) is 0 Å². The second-order valence-electron chi connectivity index (χ2n) is 12.8. The molecule has 2 heterocycles. The fourth-order valence-corrected chi connectivity index (χ4v) is 6.73. The number of rotatable bonds is 13. The third-order valence-electron chi connectivity index (χ3n) is 8.80. The van der Waals surface area contributed by atoms with Crippen LogP contribution in [-0.4, -0.2) is 26.4 Å². The Hall–Kier alpha value is -4.18. The van der Waals surface area contributed by atoms with Gasteiger partial charge in [-0.15, -0.1) is 11.3 Å². The zero-order valence-electron chi connectivity index (χ0n) is 27.5. The van der Waals surface area contributed by atoms with Gasteiger partial charge in [-0.25, -0.2) is 8.78 Å². The van der Waals surface area contributed by atoms with Crippen molar-refractivity contribution in [2.75, 3.05) is 26.4 Å². The Morgan fingerprint density at radius 2 is 0.980 bits per heavy atom. The summed E-state index contributed by atoms with van der Waals surface area (Å²) in [4.78, 5) is 0. The van der Waals surface area contributed by atoms with E-state index in [2.05, 4.69) is 6.92 Å². The predicted octanol–water partition coefficient (Wildman–Crippen LogP) is 11.7. The van der Waals surface area contributed by atoms with Gasteiger partial charge in [-0.05, 0) is 98.9 Å². The molecule has 0 bridgehead atoms. The number of unbranched alkanes of at least 4 members (excludes halogenated alkanes) is 1. The molecule has 0 unspecified atom stereocenters. The van der Waals surface area contributed by atoms with Crippen LogP contribution < -0.4 is 18.9 Å². The molecule has 2 saturated carbocycles. The van der Waals surface area contributed by atoms with Gasteiger partial charge in [-0.3, -0.25) is 0 Å². The summed E-state index contributed by atoms with van der Waals surface area (Å²) < 4.78 is 87.1. The van der Waals surface area contributed by atoms with E-state index in [4.69, 9.17) is 23.4 Å². The maximum Gasteiger partial charge on any atom is 0.208 e. The molecule has 0 aliphatic heterocycles. The Morgan fingerprint density at radius 1 is 0.551 bits per heavy atom. The smallest absolute Gasteiger partial charge is 0.208 e. The molecule has 0 saturated heterocycles. The lowest BCUT2D eigenvalue weighted by Gasteiger charge is -2.07. The van der Waals surface area contributed by atoms with E-state index in [0.29, 0.717) is 63.8 Å². The molecular weight excluding hydrogens is 656 g/mol. The maximum absolute atomic E-state index is 14.8. The molecule has 2 aromatic heterocycles. The van der Waals surface area contributed by atoms with Gasteiger partial charge in [0, 0.05) is 21.5 Å². The second kappa shape index (κ2) is 14.4. The average Bonchev–Trinajstić information content (AvgIpc) is 4.04. The maximum atomic E-state index is 14.8. The number of fused-ring (bicyclic) bond motifs is 6. The minimum Gasteiger partial charge on any atom is -0.490 e. The molecule has 0 atom stereocenters. The summed E-state index contributed by atoms with van der Waals surface area (Å²) in [6.45, 7) is 5.95. The van der Waals surface area contributed by atoms with Crippen molar-refractivity contribution in [3.63, 3.8) is 0 Å². The van der Waals surface area contributed by atoms with E-state index in [1.54, 1.807) is 36.4 Å². The van der Waals surface area contributed by atoms with Gasteiger partial charge in [0.25, 0.3) is 0 Å². The number of halogens is 4. The Bertz CT molecular complexity index is 2110. The lowest BCUT2D eigenvalue weighted by atomic mass is 10.1. The lowest BCUT2D eigenvalue weighted by Crippen LogP contribution is -2.00. The molecule has 2 aliphatic carbocycles. The Balaban J connectivity index is 0.000000154. The van der Waals surface area contributed by atoms with E-state index < -0.39 is 23.3 Å². The predicted molar refractivity (Wildman–Crippen MR) is 186 cm³/mol. The van der Waals surface area contributed by atoms with E-state index in [-0.39, 0.29) is 34.2 Å². The molecule has 4 aromatic carbocycles. The fourth-order valence-electron chi connectivity index (χ4n) is 5.57. The monoisotopic (exact) mass is 694 g/mol. The summed E-state index contributed by atoms with van der Waals surface area (Å²) in [6.07, 6.45) is 7.19. The molecule has 0 radical (unpaired) electrons. The van der Waals surface area contributed by atoms with Crippen LogP contribution >= 0.6 is 11.3 Å². The largest absolute Gasteiger partial charge is 0.490 e. The van der Waals surface area contributed by atoms with Crippen molar-refractivity contribution >= 4 is 53.4 Å². The van der Waals surface area contributed by atoms with Crippen LogP contribution in [0.5, 0.6) is 23.0 Å². The van der Waals surface area contributed by atoms with Crippen molar-refractivity contribution in [3.05, 3.63) is 71.8 Å². The number of furan rings is 1. The highest BCUT2D eigenvalue weighted by Crippen LogP contribution is 2.43. The number of thiophene rings is 1. The van der Waals surface area contributed by atoms with Gasteiger partial charge in [-0.2, -0.15) is 8.78 Å². The quantitative estimate of drug-likeness (QED) is 0.0890. The highest BCUT2D eigenvalue weighted by Gasteiger charge is 2.25. The van der Waals surface area contributed by atoms with Crippen LogP contribution in [0.3, 0.4) is 0 Å². The minimum atomic E-state index is -0.600. The fraction of sp³-hybridized carbons (Fsp3) is 0.385. The van der Waals surface area contributed by atoms with Crippen molar-refractivity contribution in [2.45, 2.75) is 58.8 Å². The zero-order valence-corrected chi connectivity index (χ0v) is 28.3. The highest BCUT2D eigenvalue weighted by atomic mass is 32.1.